The van der Waals surface area contributed by atoms with Crippen LogP contribution in [0.4, 0.5) is 0 Å². The van der Waals surface area contributed by atoms with Crippen molar-refractivity contribution < 1.29 is 0 Å². The maximum Gasteiger partial charge on any atom is 0.0406 e. The first kappa shape index (κ1) is 12.8. The molecule has 0 bridgehead atoms. The number of piperidine rings is 1. The molecule has 1 saturated heterocycles. The molecule has 1 aromatic rings. The lowest BCUT2D eigenvalue weighted by Crippen LogP contribution is -2.37. The topological polar surface area (TPSA) is 12.0 Å². The van der Waals surface area contributed by atoms with Gasteiger partial charge in [0.25, 0.3) is 0 Å². The van der Waals surface area contributed by atoms with Crippen LogP contribution in [0.3, 0.4) is 0 Å². The van der Waals surface area contributed by atoms with Crippen molar-refractivity contribution in [3.05, 3.63) is 34.9 Å². The first-order valence-corrected chi connectivity index (χ1v) is 5.55. The first-order valence-electron chi connectivity index (χ1n) is 5.17. The zero-order valence-corrected chi connectivity index (χ0v) is 10.5. The number of nitrogens with one attached hydrogen (secondary N) is 1. The number of benzene rings is 1. The van der Waals surface area contributed by atoms with Gasteiger partial charge in [0.15, 0.2) is 0 Å². The van der Waals surface area contributed by atoms with Gasteiger partial charge >= 0.3 is 0 Å². The van der Waals surface area contributed by atoms with Crippen molar-refractivity contribution >= 4 is 24.0 Å². The third-order valence-electron chi connectivity index (χ3n) is 3.25. The zero-order valence-electron chi connectivity index (χ0n) is 8.92. The molecule has 0 aliphatic carbocycles. The van der Waals surface area contributed by atoms with E-state index in [9.17, 15) is 0 Å². The Labute approximate surface area is 103 Å². The number of hydrogen-bond acceptors (Lipinski definition) is 1. The Morgan fingerprint density at radius 1 is 1.13 bits per heavy atom. The van der Waals surface area contributed by atoms with Gasteiger partial charge in [0.05, 0.1) is 0 Å². The summed E-state index contributed by atoms with van der Waals surface area (Å²) in [4.78, 5) is 0. The molecular weight excluding hydrogens is 229 g/mol. The van der Waals surface area contributed by atoms with Crippen LogP contribution >= 0.6 is 24.0 Å². The molecular formula is C12H17Cl2N. The van der Waals surface area contributed by atoms with Crippen molar-refractivity contribution in [1.82, 2.24) is 5.32 Å². The summed E-state index contributed by atoms with van der Waals surface area (Å²) in [6, 6.07) is 8.30. The van der Waals surface area contributed by atoms with E-state index in [1.165, 1.54) is 18.4 Å². The van der Waals surface area contributed by atoms with Gasteiger partial charge in [-0.25, -0.2) is 0 Å². The Morgan fingerprint density at radius 2 is 1.67 bits per heavy atom. The summed E-state index contributed by atoms with van der Waals surface area (Å²) < 4.78 is 0. The summed E-state index contributed by atoms with van der Waals surface area (Å²) in [6.07, 6.45) is 2.43. The normalized spacial score (nSPS) is 19.3. The van der Waals surface area contributed by atoms with Gasteiger partial charge in [-0.3, -0.25) is 0 Å². The summed E-state index contributed by atoms with van der Waals surface area (Å²) in [5.41, 5.74) is 1.76. The highest BCUT2D eigenvalue weighted by Gasteiger charge is 2.28. The minimum Gasteiger partial charge on any atom is -0.317 e. The monoisotopic (exact) mass is 245 g/mol. The third kappa shape index (κ3) is 2.87. The van der Waals surface area contributed by atoms with Crippen molar-refractivity contribution in [2.75, 3.05) is 13.1 Å². The third-order valence-corrected chi connectivity index (χ3v) is 3.50. The Morgan fingerprint density at radius 3 is 2.20 bits per heavy atom. The predicted molar refractivity (Wildman–Crippen MR) is 68.2 cm³/mol. The Balaban J connectivity index is 0.00000112. The molecule has 3 heteroatoms. The molecule has 1 nitrogen and oxygen atoms in total. The lowest BCUT2D eigenvalue weighted by Gasteiger charge is -2.34. The van der Waals surface area contributed by atoms with Gasteiger partial charge in [0.1, 0.15) is 0 Å². The molecule has 2 rings (SSSR count). The fourth-order valence-corrected chi connectivity index (χ4v) is 2.25. The van der Waals surface area contributed by atoms with Crippen molar-refractivity contribution in [3.8, 4) is 0 Å². The number of halogens is 2. The molecule has 84 valence electrons. The molecule has 1 aliphatic rings. The average molecular weight is 246 g/mol. The summed E-state index contributed by atoms with van der Waals surface area (Å²) >= 11 is 5.88. The van der Waals surface area contributed by atoms with E-state index in [1.807, 2.05) is 12.1 Å². The van der Waals surface area contributed by atoms with Crippen LogP contribution in [0.1, 0.15) is 25.3 Å². The molecule has 0 radical (unpaired) electrons. The predicted octanol–water partition coefficient (Wildman–Crippen LogP) is 3.40. The van der Waals surface area contributed by atoms with Crippen molar-refractivity contribution in [1.29, 1.82) is 0 Å². The number of rotatable bonds is 1. The highest BCUT2D eigenvalue weighted by molar-refractivity contribution is 6.30. The summed E-state index contributed by atoms with van der Waals surface area (Å²) in [7, 11) is 0. The van der Waals surface area contributed by atoms with Crippen LogP contribution in [0.25, 0.3) is 0 Å². The van der Waals surface area contributed by atoms with E-state index in [2.05, 4.69) is 24.4 Å². The van der Waals surface area contributed by atoms with Gasteiger partial charge < -0.3 is 5.32 Å². The first-order chi connectivity index (χ1) is 6.71. The molecule has 15 heavy (non-hydrogen) atoms. The number of hydrogen-bond donors (Lipinski definition) is 1. The van der Waals surface area contributed by atoms with E-state index < -0.39 is 0 Å². The summed E-state index contributed by atoms with van der Waals surface area (Å²) in [6.45, 7) is 4.59. The summed E-state index contributed by atoms with van der Waals surface area (Å²) in [5.74, 6) is 0. The van der Waals surface area contributed by atoms with Gasteiger partial charge in [0.2, 0.25) is 0 Å². The molecule has 1 N–H and O–H groups in total. The van der Waals surface area contributed by atoms with Crippen molar-refractivity contribution in [2.24, 2.45) is 0 Å². The van der Waals surface area contributed by atoms with E-state index in [4.69, 9.17) is 11.6 Å². The fourth-order valence-electron chi connectivity index (χ4n) is 2.12. The standard InChI is InChI=1S/C12H16ClN.ClH/c1-12(6-8-14-9-7-12)10-2-4-11(13)5-3-10;/h2-5,14H,6-9H2,1H3;1H. The van der Waals surface area contributed by atoms with Crippen LogP contribution in [-0.4, -0.2) is 13.1 Å². The van der Waals surface area contributed by atoms with E-state index >= 15 is 0 Å². The van der Waals surface area contributed by atoms with Gasteiger partial charge in [0, 0.05) is 5.02 Å². The Bertz CT molecular complexity index is 302. The maximum atomic E-state index is 5.88. The average Bonchev–Trinajstić information content (AvgIpc) is 2.19. The lowest BCUT2D eigenvalue weighted by molar-refractivity contribution is 0.335. The molecule has 1 fully saturated rings. The van der Waals surface area contributed by atoms with Crippen molar-refractivity contribution in [3.63, 3.8) is 0 Å². The highest BCUT2D eigenvalue weighted by Crippen LogP contribution is 2.33. The van der Waals surface area contributed by atoms with Crippen molar-refractivity contribution in [2.45, 2.75) is 25.2 Å². The second-order valence-corrected chi connectivity index (χ2v) is 4.75. The molecule has 0 amide bonds. The fraction of sp³-hybridized carbons (Fsp3) is 0.500. The van der Waals surface area contributed by atoms with Crippen LogP contribution in [-0.2, 0) is 5.41 Å². The van der Waals surface area contributed by atoms with Crippen LogP contribution in [0.15, 0.2) is 24.3 Å². The zero-order chi connectivity index (χ0) is 10.0. The molecule has 0 atom stereocenters. The van der Waals surface area contributed by atoms with Gasteiger partial charge in [-0.15, -0.1) is 12.4 Å². The smallest absolute Gasteiger partial charge is 0.0406 e. The Kier molecular flexibility index (Phi) is 4.45. The van der Waals surface area contributed by atoms with Crippen LogP contribution < -0.4 is 5.32 Å². The highest BCUT2D eigenvalue weighted by atomic mass is 35.5. The molecule has 1 aliphatic heterocycles. The molecule has 0 saturated carbocycles. The van der Waals surface area contributed by atoms with Crippen LogP contribution in [0.5, 0.6) is 0 Å². The quantitative estimate of drug-likeness (QED) is 0.800. The van der Waals surface area contributed by atoms with Gasteiger partial charge in [-0.2, -0.15) is 0 Å². The lowest BCUT2D eigenvalue weighted by atomic mass is 9.75. The second-order valence-electron chi connectivity index (χ2n) is 4.32. The molecule has 0 unspecified atom stereocenters. The van der Waals surface area contributed by atoms with E-state index in [1.54, 1.807) is 0 Å². The van der Waals surface area contributed by atoms with E-state index in [0.29, 0.717) is 5.41 Å². The molecule has 1 heterocycles. The summed E-state index contributed by atoms with van der Waals surface area (Å²) in [5, 5.41) is 4.22. The minimum absolute atomic E-state index is 0. The van der Waals surface area contributed by atoms with E-state index in [-0.39, 0.29) is 12.4 Å². The SMILES string of the molecule is CC1(c2ccc(Cl)cc2)CCNCC1.Cl. The van der Waals surface area contributed by atoms with Gasteiger partial charge in [-0.05, 0) is 49.0 Å². The molecule has 0 spiro atoms. The molecule has 0 aromatic heterocycles. The van der Waals surface area contributed by atoms with Crippen LogP contribution in [0, 0.1) is 0 Å². The maximum absolute atomic E-state index is 5.88. The van der Waals surface area contributed by atoms with E-state index in [0.717, 1.165) is 18.1 Å². The molecule has 1 aromatic carbocycles. The second kappa shape index (κ2) is 5.20. The Hall–Kier alpha value is -0.240. The minimum atomic E-state index is 0. The largest absolute Gasteiger partial charge is 0.317 e. The van der Waals surface area contributed by atoms with Gasteiger partial charge in [-0.1, -0.05) is 30.7 Å². The van der Waals surface area contributed by atoms with Crippen LogP contribution in [0.2, 0.25) is 5.02 Å².